The minimum absolute atomic E-state index is 0.0304. The zero-order valence-electron chi connectivity index (χ0n) is 18.5. The van der Waals surface area contributed by atoms with E-state index in [1.807, 2.05) is 33.8 Å². The van der Waals surface area contributed by atoms with Gasteiger partial charge >= 0.3 is 4.87 Å². The van der Waals surface area contributed by atoms with E-state index in [2.05, 4.69) is 5.32 Å². The van der Waals surface area contributed by atoms with Crippen molar-refractivity contribution in [1.29, 1.82) is 0 Å². The Kier molecular flexibility index (Phi) is 6.29. The van der Waals surface area contributed by atoms with Gasteiger partial charge < -0.3 is 5.32 Å². The topological polar surface area (TPSA) is 88.5 Å². The van der Waals surface area contributed by atoms with Crippen molar-refractivity contribution in [2.45, 2.75) is 46.7 Å². The van der Waals surface area contributed by atoms with Crippen molar-refractivity contribution in [1.82, 2.24) is 4.57 Å². The molecule has 31 heavy (non-hydrogen) atoms. The predicted octanol–water partition coefficient (Wildman–Crippen LogP) is 4.05. The van der Waals surface area contributed by atoms with Gasteiger partial charge in [-0.15, -0.1) is 0 Å². The third-order valence-corrected chi connectivity index (χ3v) is 7.11. The Morgan fingerprint density at radius 1 is 1.06 bits per heavy atom. The van der Waals surface area contributed by atoms with Crippen molar-refractivity contribution in [2.75, 3.05) is 15.9 Å². The van der Waals surface area contributed by atoms with Gasteiger partial charge in [0, 0.05) is 11.7 Å². The molecular weight excluding hydrogens is 434 g/mol. The Morgan fingerprint density at radius 3 is 2.23 bits per heavy atom. The van der Waals surface area contributed by atoms with E-state index in [0.29, 0.717) is 11.4 Å². The number of carbonyl (C=O) groups is 1. The van der Waals surface area contributed by atoms with Crippen LogP contribution in [0.25, 0.3) is 10.2 Å². The Hall–Kier alpha value is -2.65. The predicted molar refractivity (Wildman–Crippen MR) is 128 cm³/mol. The van der Waals surface area contributed by atoms with Gasteiger partial charge in [0.2, 0.25) is 15.9 Å². The van der Waals surface area contributed by atoms with E-state index in [9.17, 15) is 18.0 Å². The highest BCUT2D eigenvalue weighted by Crippen LogP contribution is 2.26. The number of aromatic nitrogens is 1. The van der Waals surface area contributed by atoms with Gasteiger partial charge in [0.15, 0.2) is 0 Å². The van der Waals surface area contributed by atoms with Crippen LogP contribution in [0.5, 0.6) is 0 Å². The molecule has 0 aliphatic carbocycles. The van der Waals surface area contributed by atoms with Crippen molar-refractivity contribution < 1.29 is 13.2 Å². The average Bonchev–Trinajstić information content (AvgIpc) is 2.94. The molecule has 1 unspecified atom stereocenters. The second-order valence-electron chi connectivity index (χ2n) is 8.08. The molecule has 0 radical (unpaired) electrons. The summed E-state index contributed by atoms with van der Waals surface area (Å²) in [5.41, 5.74) is 3.59. The number of thiazole rings is 1. The lowest BCUT2D eigenvalue weighted by Crippen LogP contribution is -2.45. The Balaban J connectivity index is 1.93. The van der Waals surface area contributed by atoms with E-state index < -0.39 is 22.0 Å². The molecule has 2 aromatic carbocycles. The number of sulfonamides is 1. The van der Waals surface area contributed by atoms with E-state index in [1.54, 1.807) is 41.8 Å². The molecule has 0 spiro atoms. The summed E-state index contributed by atoms with van der Waals surface area (Å²) in [4.78, 5) is 25.2. The lowest BCUT2D eigenvalue weighted by atomic mass is 10.1. The molecule has 7 nitrogen and oxygen atoms in total. The van der Waals surface area contributed by atoms with Crippen molar-refractivity contribution in [3.05, 3.63) is 57.2 Å². The van der Waals surface area contributed by atoms with Crippen molar-refractivity contribution in [3.63, 3.8) is 0 Å². The first-order valence-electron chi connectivity index (χ1n) is 9.92. The van der Waals surface area contributed by atoms with E-state index in [4.69, 9.17) is 0 Å². The zero-order valence-corrected chi connectivity index (χ0v) is 20.1. The summed E-state index contributed by atoms with van der Waals surface area (Å²) < 4.78 is 28.7. The number of benzene rings is 2. The number of nitrogens with zero attached hydrogens (tertiary/aromatic N) is 2. The SMILES string of the molecule is Cc1cc(C)cc(N(C(C)C(=O)Nc2ccc3c(c2)sc(=O)n3C(C)C)S(C)(=O)=O)c1. The monoisotopic (exact) mass is 461 g/mol. The lowest BCUT2D eigenvalue weighted by molar-refractivity contribution is -0.116. The van der Waals surface area contributed by atoms with E-state index in [-0.39, 0.29) is 10.9 Å². The normalized spacial score (nSPS) is 12.9. The summed E-state index contributed by atoms with van der Waals surface area (Å²) in [5, 5.41) is 2.79. The number of rotatable bonds is 6. The molecule has 0 aliphatic heterocycles. The molecule has 166 valence electrons. The first-order chi connectivity index (χ1) is 14.4. The summed E-state index contributed by atoms with van der Waals surface area (Å²) in [6.45, 7) is 9.20. The number of hydrogen-bond donors (Lipinski definition) is 1. The summed E-state index contributed by atoms with van der Waals surface area (Å²) in [5.74, 6) is -0.459. The van der Waals surface area contributed by atoms with Gasteiger partial charge in [-0.25, -0.2) is 8.42 Å². The second-order valence-corrected chi connectivity index (χ2v) is 10.9. The van der Waals surface area contributed by atoms with E-state index in [1.165, 1.54) is 0 Å². The van der Waals surface area contributed by atoms with Crippen LogP contribution < -0.4 is 14.5 Å². The first kappa shape index (κ1) is 23.0. The lowest BCUT2D eigenvalue weighted by Gasteiger charge is -2.28. The minimum Gasteiger partial charge on any atom is -0.324 e. The first-order valence-corrected chi connectivity index (χ1v) is 12.6. The summed E-state index contributed by atoms with van der Waals surface area (Å²) in [7, 11) is -3.70. The second kappa shape index (κ2) is 8.47. The quantitative estimate of drug-likeness (QED) is 0.600. The highest BCUT2D eigenvalue weighted by atomic mass is 32.2. The maximum absolute atomic E-state index is 13.0. The zero-order chi connectivity index (χ0) is 23.1. The number of hydrogen-bond acceptors (Lipinski definition) is 5. The molecule has 1 atom stereocenters. The molecule has 0 saturated heterocycles. The molecule has 0 bridgehead atoms. The van der Waals surface area contributed by atoms with Crippen molar-refractivity contribution >= 4 is 48.9 Å². The molecule has 1 amide bonds. The fraction of sp³-hybridized carbons (Fsp3) is 0.364. The van der Waals surface area contributed by atoms with Crippen LogP contribution >= 0.6 is 11.3 Å². The molecule has 3 aromatic rings. The van der Waals surface area contributed by atoms with Crippen LogP contribution in [0, 0.1) is 13.8 Å². The van der Waals surface area contributed by atoms with Crippen LogP contribution in [0.15, 0.2) is 41.2 Å². The molecule has 1 aromatic heterocycles. The van der Waals surface area contributed by atoms with Gasteiger partial charge in [-0.1, -0.05) is 17.4 Å². The molecule has 9 heteroatoms. The Morgan fingerprint density at radius 2 is 1.68 bits per heavy atom. The van der Waals surface area contributed by atoms with Crippen molar-refractivity contribution in [2.24, 2.45) is 0 Å². The molecule has 1 heterocycles. The molecular formula is C22H27N3O4S2. The number of anilines is 2. The third-order valence-electron chi connectivity index (χ3n) is 4.95. The van der Waals surface area contributed by atoms with Gasteiger partial charge in [-0.3, -0.25) is 18.5 Å². The fourth-order valence-electron chi connectivity index (χ4n) is 3.74. The van der Waals surface area contributed by atoms with Gasteiger partial charge in [-0.05, 0) is 76.1 Å². The molecule has 3 rings (SSSR count). The van der Waals surface area contributed by atoms with Gasteiger partial charge in [0.1, 0.15) is 6.04 Å². The highest BCUT2D eigenvalue weighted by Gasteiger charge is 2.29. The summed E-state index contributed by atoms with van der Waals surface area (Å²) >= 11 is 1.12. The van der Waals surface area contributed by atoms with E-state index in [0.717, 1.165) is 43.2 Å². The smallest absolute Gasteiger partial charge is 0.308 e. The fourth-order valence-corrected chi connectivity index (χ4v) is 5.95. The van der Waals surface area contributed by atoms with Crippen LogP contribution in [0.2, 0.25) is 0 Å². The Labute approximate surface area is 186 Å². The number of fused-ring (bicyclic) bond motifs is 1. The minimum atomic E-state index is -3.70. The highest BCUT2D eigenvalue weighted by molar-refractivity contribution is 7.92. The van der Waals surface area contributed by atoms with Crippen LogP contribution in [-0.2, 0) is 14.8 Å². The largest absolute Gasteiger partial charge is 0.324 e. The van der Waals surface area contributed by atoms with Crippen molar-refractivity contribution in [3.8, 4) is 0 Å². The maximum atomic E-state index is 13.0. The van der Waals surface area contributed by atoms with Gasteiger partial charge in [0.05, 0.1) is 22.2 Å². The van der Waals surface area contributed by atoms with Gasteiger partial charge in [-0.2, -0.15) is 0 Å². The number of nitrogens with one attached hydrogen (secondary N) is 1. The molecule has 1 N–H and O–H groups in total. The molecule has 0 aliphatic rings. The number of carbonyl (C=O) groups excluding carboxylic acids is 1. The third kappa shape index (κ3) is 4.83. The van der Waals surface area contributed by atoms with Gasteiger partial charge in [0.25, 0.3) is 0 Å². The Bertz CT molecular complexity index is 1290. The summed E-state index contributed by atoms with van der Waals surface area (Å²) in [6.07, 6.45) is 1.09. The van der Waals surface area contributed by atoms with E-state index >= 15 is 0 Å². The number of amides is 1. The maximum Gasteiger partial charge on any atom is 0.308 e. The summed E-state index contributed by atoms with van der Waals surface area (Å²) in [6, 6.07) is 9.76. The standard InChI is InChI=1S/C22H27N3O4S2/c1-13(2)24-19-8-7-17(12-20(19)30-22(24)27)23-21(26)16(5)25(31(6,28)29)18-10-14(3)9-15(4)11-18/h7-13,16H,1-6H3,(H,23,26). The van der Waals surface area contributed by atoms with Crippen LogP contribution in [0.3, 0.4) is 0 Å². The molecule has 0 fully saturated rings. The average molecular weight is 462 g/mol. The van der Waals surface area contributed by atoms with Crippen LogP contribution in [-0.4, -0.2) is 31.2 Å². The number of aryl methyl sites for hydroxylation is 2. The van der Waals surface area contributed by atoms with Crippen LogP contribution in [0.1, 0.15) is 37.9 Å². The molecule has 0 saturated carbocycles. The van der Waals surface area contributed by atoms with Crippen LogP contribution in [0.4, 0.5) is 11.4 Å².